The maximum Gasteiger partial charge on any atom is 0.155 e. The van der Waals surface area contributed by atoms with Gasteiger partial charge in [0.25, 0.3) is 0 Å². The fourth-order valence-corrected chi connectivity index (χ4v) is 3.46. The number of hydrogen-bond acceptors (Lipinski definition) is 1. The Labute approximate surface area is 75.9 Å². The zero-order valence-corrected chi connectivity index (χ0v) is 9.48. The number of hydrogen-bond donors (Lipinski definition) is 0. The molecule has 0 bridgehead atoms. The summed E-state index contributed by atoms with van der Waals surface area (Å²) < 4.78 is 0. The largest absolute Gasteiger partial charge is 0.295 e. The van der Waals surface area contributed by atoms with Crippen LogP contribution in [-0.4, -0.2) is 13.9 Å². The minimum absolute atomic E-state index is 0.339. The highest BCUT2D eigenvalue weighted by molar-refractivity contribution is 6.77. The molecular formula is C10H18OSi. The average Bonchev–Trinajstić information content (AvgIpc) is 1.82. The molecule has 1 nitrogen and oxygen atoms in total. The molecule has 0 saturated carbocycles. The summed E-state index contributed by atoms with van der Waals surface area (Å²) in [7, 11) is -1.10. The third kappa shape index (κ3) is 2.31. The Morgan fingerprint density at radius 3 is 2.33 bits per heavy atom. The highest BCUT2D eigenvalue weighted by atomic mass is 28.3. The predicted octanol–water partition coefficient (Wildman–Crippen LogP) is 3.00. The first kappa shape index (κ1) is 9.71. The molecule has 0 spiro atoms. The number of rotatable bonds is 1. The molecule has 12 heavy (non-hydrogen) atoms. The molecule has 1 atom stereocenters. The van der Waals surface area contributed by atoms with Crippen molar-refractivity contribution < 1.29 is 4.79 Å². The van der Waals surface area contributed by atoms with Gasteiger partial charge in [-0.3, -0.25) is 4.79 Å². The van der Waals surface area contributed by atoms with Crippen molar-refractivity contribution in [2.75, 3.05) is 0 Å². The van der Waals surface area contributed by atoms with Crippen LogP contribution in [0.4, 0.5) is 0 Å². The second kappa shape index (κ2) is 3.17. The van der Waals surface area contributed by atoms with E-state index in [-0.39, 0.29) is 0 Å². The quantitative estimate of drug-likeness (QED) is 0.570. The highest BCUT2D eigenvalue weighted by Crippen LogP contribution is 2.35. The summed E-state index contributed by atoms with van der Waals surface area (Å²) in [5.74, 6) is 0.339. The van der Waals surface area contributed by atoms with Crippen LogP contribution in [0.3, 0.4) is 0 Å². The second-order valence-electron chi connectivity index (χ2n) is 4.93. The zero-order valence-electron chi connectivity index (χ0n) is 8.48. The van der Waals surface area contributed by atoms with Crippen LogP contribution in [0.15, 0.2) is 11.6 Å². The molecule has 0 aromatic rings. The van der Waals surface area contributed by atoms with Gasteiger partial charge in [0.15, 0.2) is 5.78 Å². The Balaban J connectivity index is 2.74. The fourth-order valence-electron chi connectivity index (χ4n) is 1.71. The number of carbonyl (C=O) groups is 1. The topological polar surface area (TPSA) is 17.1 Å². The van der Waals surface area contributed by atoms with Crippen LogP contribution in [0.2, 0.25) is 25.2 Å². The average molecular weight is 182 g/mol. The van der Waals surface area contributed by atoms with Crippen molar-refractivity contribution in [3.05, 3.63) is 11.6 Å². The van der Waals surface area contributed by atoms with E-state index >= 15 is 0 Å². The van der Waals surface area contributed by atoms with Gasteiger partial charge in [0, 0.05) is 14.5 Å². The zero-order chi connectivity index (χ0) is 9.35. The van der Waals surface area contributed by atoms with Gasteiger partial charge in [-0.1, -0.05) is 25.2 Å². The molecule has 0 N–H and O–H groups in total. The first-order valence-corrected chi connectivity index (χ1v) is 8.17. The number of allylic oxidation sites excluding steroid dienone is 2. The van der Waals surface area contributed by atoms with Crippen LogP contribution in [0.5, 0.6) is 0 Å². The lowest BCUT2D eigenvalue weighted by Crippen LogP contribution is -2.31. The monoisotopic (exact) mass is 182 g/mol. The first-order valence-electron chi connectivity index (χ1n) is 4.59. The third-order valence-electron chi connectivity index (χ3n) is 2.65. The van der Waals surface area contributed by atoms with Crippen LogP contribution < -0.4 is 0 Å². The summed E-state index contributed by atoms with van der Waals surface area (Å²) in [6.45, 7) is 9.13. The second-order valence-corrected chi connectivity index (χ2v) is 10.5. The van der Waals surface area contributed by atoms with Crippen LogP contribution in [0.1, 0.15) is 19.8 Å². The predicted molar refractivity (Wildman–Crippen MR) is 55.1 cm³/mol. The van der Waals surface area contributed by atoms with E-state index in [9.17, 15) is 4.79 Å². The van der Waals surface area contributed by atoms with E-state index < -0.39 is 8.07 Å². The van der Waals surface area contributed by atoms with Gasteiger partial charge in [-0.05, 0) is 25.0 Å². The Kier molecular flexibility index (Phi) is 2.57. The summed E-state index contributed by atoms with van der Waals surface area (Å²) in [4.78, 5) is 11.3. The van der Waals surface area contributed by atoms with Gasteiger partial charge < -0.3 is 0 Å². The molecule has 2 heteroatoms. The number of carbonyl (C=O) groups excluding carboxylic acids is 1. The summed E-state index contributed by atoms with van der Waals surface area (Å²) in [6.07, 6.45) is 3.77. The molecule has 68 valence electrons. The van der Waals surface area contributed by atoms with Crippen molar-refractivity contribution in [3.8, 4) is 0 Å². The molecule has 1 aliphatic carbocycles. The summed E-state index contributed by atoms with van der Waals surface area (Å²) in [5.41, 5.74) is 1.95. The Morgan fingerprint density at radius 2 is 1.92 bits per heavy atom. The van der Waals surface area contributed by atoms with Gasteiger partial charge in [0.05, 0.1) is 0 Å². The molecule has 1 rings (SSSR count). The lowest BCUT2D eigenvalue weighted by atomic mass is 9.99. The molecule has 0 fully saturated rings. The van der Waals surface area contributed by atoms with Gasteiger partial charge >= 0.3 is 0 Å². The van der Waals surface area contributed by atoms with E-state index in [4.69, 9.17) is 0 Å². The third-order valence-corrected chi connectivity index (χ3v) is 5.51. The summed E-state index contributed by atoms with van der Waals surface area (Å²) >= 11 is 0. The molecule has 0 aromatic heterocycles. The first-order chi connectivity index (χ1) is 5.39. The van der Waals surface area contributed by atoms with E-state index in [0.717, 1.165) is 12.8 Å². The molecular weight excluding hydrogens is 164 g/mol. The molecule has 0 saturated heterocycles. The van der Waals surface area contributed by atoms with Crippen LogP contribution >= 0.6 is 0 Å². The van der Waals surface area contributed by atoms with Crippen molar-refractivity contribution in [2.45, 2.75) is 44.9 Å². The summed E-state index contributed by atoms with van der Waals surface area (Å²) in [6, 6.07) is 0. The van der Waals surface area contributed by atoms with Gasteiger partial charge in [-0.2, -0.15) is 0 Å². The Bertz CT molecular complexity index is 222. The van der Waals surface area contributed by atoms with E-state index in [1.807, 2.05) is 6.08 Å². The van der Waals surface area contributed by atoms with E-state index in [0.29, 0.717) is 11.3 Å². The minimum atomic E-state index is -1.10. The fraction of sp³-hybridized carbons (Fsp3) is 0.700. The Hall–Kier alpha value is -0.373. The molecule has 1 unspecified atom stereocenters. The summed E-state index contributed by atoms with van der Waals surface area (Å²) in [5, 5.41) is 0. The Morgan fingerprint density at radius 1 is 1.33 bits per heavy atom. The molecule has 0 heterocycles. The van der Waals surface area contributed by atoms with Crippen LogP contribution in [-0.2, 0) is 4.79 Å². The molecule has 1 aliphatic rings. The lowest BCUT2D eigenvalue weighted by molar-refractivity contribution is -0.115. The van der Waals surface area contributed by atoms with E-state index in [1.54, 1.807) is 0 Å². The van der Waals surface area contributed by atoms with Crippen LogP contribution in [0, 0.1) is 0 Å². The maximum absolute atomic E-state index is 11.3. The van der Waals surface area contributed by atoms with Crippen LogP contribution in [0.25, 0.3) is 0 Å². The smallest absolute Gasteiger partial charge is 0.155 e. The van der Waals surface area contributed by atoms with Crippen molar-refractivity contribution in [1.82, 2.24) is 0 Å². The van der Waals surface area contributed by atoms with Crippen molar-refractivity contribution in [2.24, 2.45) is 0 Å². The van der Waals surface area contributed by atoms with E-state index in [2.05, 4.69) is 26.6 Å². The lowest BCUT2D eigenvalue weighted by Gasteiger charge is -2.30. The molecule has 0 aliphatic heterocycles. The van der Waals surface area contributed by atoms with Crippen molar-refractivity contribution >= 4 is 13.9 Å². The maximum atomic E-state index is 11.3. The molecule has 0 aromatic carbocycles. The standard InChI is InChI=1S/C10H18OSi/c1-8-5-9(11)7-10(6-8)12(2,3)4/h5,10H,6-7H2,1-4H3. The van der Waals surface area contributed by atoms with Gasteiger partial charge in [-0.15, -0.1) is 0 Å². The van der Waals surface area contributed by atoms with E-state index in [1.165, 1.54) is 5.57 Å². The minimum Gasteiger partial charge on any atom is -0.295 e. The normalized spacial score (nSPS) is 25.5. The highest BCUT2D eigenvalue weighted by Gasteiger charge is 2.30. The van der Waals surface area contributed by atoms with Gasteiger partial charge in [0.2, 0.25) is 0 Å². The van der Waals surface area contributed by atoms with Gasteiger partial charge in [0.1, 0.15) is 0 Å². The molecule has 0 amide bonds. The molecule has 0 radical (unpaired) electrons. The van der Waals surface area contributed by atoms with Crippen molar-refractivity contribution in [3.63, 3.8) is 0 Å². The van der Waals surface area contributed by atoms with Gasteiger partial charge in [-0.25, -0.2) is 0 Å². The van der Waals surface area contributed by atoms with Crippen molar-refractivity contribution in [1.29, 1.82) is 0 Å². The number of ketones is 1. The SMILES string of the molecule is CC1=CC(=O)CC([Si](C)(C)C)C1.